The van der Waals surface area contributed by atoms with Crippen LogP contribution in [0.3, 0.4) is 0 Å². The van der Waals surface area contributed by atoms with Gasteiger partial charge in [-0.3, -0.25) is 0 Å². The minimum Gasteiger partial charge on any atom is -0.388 e. The van der Waals surface area contributed by atoms with Crippen LogP contribution in [0.1, 0.15) is 25.8 Å². The molecule has 2 aliphatic rings. The summed E-state index contributed by atoms with van der Waals surface area (Å²) in [6.07, 6.45) is 2.91. The Labute approximate surface area is 96.1 Å². The van der Waals surface area contributed by atoms with Gasteiger partial charge in [-0.2, -0.15) is 0 Å². The summed E-state index contributed by atoms with van der Waals surface area (Å²) in [7, 11) is 0. The van der Waals surface area contributed by atoms with Crippen molar-refractivity contribution in [2.24, 2.45) is 5.41 Å². The molecule has 1 N–H and O–H groups in total. The first kappa shape index (κ1) is 9.86. The molecular weight excluding hydrogens is 196 g/mol. The number of aliphatic hydroxyl groups excluding tert-OH is 1. The van der Waals surface area contributed by atoms with Gasteiger partial charge >= 0.3 is 0 Å². The van der Waals surface area contributed by atoms with Crippen molar-refractivity contribution in [2.75, 3.05) is 0 Å². The Bertz CT molecular complexity index is 491. The fourth-order valence-electron chi connectivity index (χ4n) is 2.73. The monoisotopic (exact) mass is 212 g/mol. The van der Waals surface area contributed by atoms with Crippen LogP contribution in [0.2, 0.25) is 0 Å². The Morgan fingerprint density at radius 3 is 2.50 bits per heavy atom. The molecule has 1 unspecified atom stereocenters. The quantitative estimate of drug-likeness (QED) is 0.758. The lowest BCUT2D eigenvalue weighted by Crippen LogP contribution is -2.26. The standard InChI is InChI=1S/C15H16O/c1-15(2)9-11-8-12(13(11)14(15)16)10-6-4-3-5-7-10/h3-7,9,14,16H,8H2,1-2H3. The average Bonchev–Trinajstić information content (AvgIpc) is 2.40. The third-order valence-electron chi connectivity index (χ3n) is 3.68. The summed E-state index contributed by atoms with van der Waals surface area (Å²) in [6.45, 7) is 4.19. The van der Waals surface area contributed by atoms with Gasteiger partial charge in [-0.05, 0) is 28.7 Å². The highest BCUT2D eigenvalue weighted by Crippen LogP contribution is 2.52. The van der Waals surface area contributed by atoms with E-state index in [0.717, 1.165) is 6.42 Å². The van der Waals surface area contributed by atoms with Gasteiger partial charge in [0.25, 0.3) is 0 Å². The molecule has 1 atom stereocenters. The van der Waals surface area contributed by atoms with Crippen LogP contribution >= 0.6 is 0 Å². The predicted molar refractivity (Wildman–Crippen MR) is 65.8 cm³/mol. The first-order valence-electron chi connectivity index (χ1n) is 5.78. The molecule has 0 bridgehead atoms. The van der Waals surface area contributed by atoms with Crippen LogP contribution in [-0.4, -0.2) is 11.2 Å². The van der Waals surface area contributed by atoms with Crippen LogP contribution in [0.15, 0.2) is 47.6 Å². The van der Waals surface area contributed by atoms with Gasteiger partial charge in [-0.25, -0.2) is 0 Å². The number of fused-ring (bicyclic) bond motifs is 1. The first-order valence-corrected chi connectivity index (χ1v) is 5.78. The highest BCUT2D eigenvalue weighted by Gasteiger charge is 2.43. The second-order valence-corrected chi connectivity index (χ2v) is 5.33. The molecule has 0 saturated carbocycles. The molecule has 16 heavy (non-hydrogen) atoms. The van der Waals surface area contributed by atoms with Gasteiger partial charge in [0.1, 0.15) is 0 Å². The average molecular weight is 212 g/mol. The molecule has 82 valence electrons. The van der Waals surface area contributed by atoms with E-state index in [0.29, 0.717) is 0 Å². The van der Waals surface area contributed by atoms with E-state index in [9.17, 15) is 5.11 Å². The number of rotatable bonds is 1. The maximum atomic E-state index is 10.3. The molecule has 0 fully saturated rings. The highest BCUT2D eigenvalue weighted by atomic mass is 16.3. The van der Waals surface area contributed by atoms with Crippen molar-refractivity contribution in [3.05, 3.63) is 53.1 Å². The van der Waals surface area contributed by atoms with Crippen molar-refractivity contribution in [3.63, 3.8) is 0 Å². The number of aliphatic hydroxyl groups is 1. The van der Waals surface area contributed by atoms with Gasteiger partial charge in [-0.1, -0.05) is 50.3 Å². The summed E-state index contributed by atoms with van der Waals surface area (Å²) < 4.78 is 0. The van der Waals surface area contributed by atoms with Gasteiger partial charge in [0.15, 0.2) is 0 Å². The van der Waals surface area contributed by atoms with Crippen LogP contribution < -0.4 is 0 Å². The highest BCUT2D eigenvalue weighted by molar-refractivity contribution is 5.85. The fourth-order valence-corrected chi connectivity index (χ4v) is 2.73. The van der Waals surface area contributed by atoms with E-state index in [2.05, 4.69) is 44.2 Å². The van der Waals surface area contributed by atoms with Gasteiger partial charge in [0.2, 0.25) is 0 Å². The van der Waals surface area contributed by atoms with E-state index in [1.54, 1.807) is 0 Å². The van der Waals surface area contributed by atoms with E-state index >= 15 is 0 Å². The summed E-state index contributed by atoms with van der Waals surface area (Å²) in [5.41, 5.74) is 5.00. The molecule has 0 aliphatic heterocycles. The summed E-state index contributed by atoms with van der Waals surface area (Å²) in [6, 6.07) is 10.4. The Kier molecular flexibility index (Phi) is 1.90. The van der Waals surface area contributed by atoms with Crippen molar-refractivity contribution in [1.82, 2.24) is 0 Å². The molecule has 0 saturated heterocycles. The molecule has 0 aromatic heterocycles. The topological polar surface area (TPSA) is 20.2 Å². The first-order chi connectivity index (χ1) is 7.59. The van der Waals surface area contributed by atoms with E-state index in [-0.39, 0.29) is 11.5 Å². The van der Waals surface area contributed by atoms with Crippen molar-refractivity contribution < 1.29 is 5.11 Å². The Morgan fingerprint density at radius 2 is 1.88 bits per heavy atom. The zero-order valence-corrected chi connectivity index (χ0v) is 9.70. The zero-order chi connectivity index (χ0) is 11.3. The van der Waals surface area contributed by atoms with Crippen LogP contribution in [0.25, 0.3) is 5.57 Å². The Morgan fingerprint density at radius 1 is 1.19 bits per heavy atom. The lowest BCUT2D eigenvalue weighted by molar-refractivity contribution is 0.126. The fraction of sp³-hybridized carbons (Fsp3) is 0.333. The van der Waals surface area contributed by atoms with Crippen LogP contribution in [-0.2, 0) is 0 Å². The molecule has 1 heteroatoms. The van der Waals surface area contributed by atoms with E-state index in [1.165, 1.54) is 22.3 Å². The summed E-state index contributed by atoms with van der Waals surface area (Å²) in [4.78, 5) is 0. The third kappa shape index (κ3) is 1.21. The lowest BCUT2D eigenvalue weighted by atomic mass is 9.78. The normalized spacial score (nSPS) is 26.2. The van der Waals surface area contributed by atoms with E-state index in [4.69, 9.17) is 0 Å². The largest absolute Gasteiger partial charge is 0.388 e. The van der Waals surface area contributed by atoms with Crippen molar-refractivity contribution >= 4 is 5.57 Å². The van der Waals surface area contributed by atoms with Crippen molar-refractivity contribution in [3.8, 4) is 0 Å². The van der Waals surface area contributed by atoms with Crippen molar-refractivity contribution in [1.29, 1.82) is 0 Å². The zero-order valence-electron chi connectivity index (χ0n) is 9.70. The molecule has 1 aromatic carbocycles. The van der Waals surface area contributed by atoms with E-state index < -0.39 is 0 Å². The van der Waals surface area contributed by atoms with Gasteiger partial charge in [0, 0.05) is 5.41 Å². The predicted octanol–water partition coefficient (Wildman–Crippen LogP) is 3.17. The van der Waals surface area contributed by atoms with Gasteiger partial charge in [-0.15, -0.1) is 0 Å². The number of allylic oxidation sites excluding steroid dienone is 1. The second kappa shape index (κ2) is 3.08. The molecule has 0 amide bonds. The summed E-state index contributed by atoms with van der Waals surface area (Å²) in [5, 5.41) is 10.3. The minimum absolute atomic E-state index is 0.0960. The SMILES string of the molecule is CC1(C)C=C2CC(c3ccccc3)=C2C1O. The molecule has 1 aromatic rings. The number of benzene rings is 1. The summed E-state index contributed by atoms with van der Waals surface area (Å²) >= 11 is 0. The maximum Gasteiger partial charge on any atom is 0.0881 e. The number of hydrogen-bond acceptors (Lipinski definition) is 1. The molecule has 0 spiro atoms. The molecular formula is C15H16O. The molecule has 1 nitrogen and oxygen atoms in total. The van der Waals surface area contributed by atoms with Crippen LogP contribution in [0, 0.1) is 5.41 Å². The molecule has 2 aliphatic carbocycles. The van der Waals surface area contributed by atoms with E-state index in [1.807, 2.05) is 6.07 Å². The molecule has 0 radical (unpaired) electrons. The third-order valence-corrected chi connectivity index (χ3v) is 3.68. The Hall–Kier alpha value is -1.34. The minimum atomic E-state index is -0.327. The maximum absolute atomic E-state index is 10.3. The van der Waals surface area contributed by atoms with Gasteiger partial charge in [0.05, 0.1) is 6.10 Å². The smallest absolute Gasteiger partial charge is 0.0881 e. The van der Waals surface area contributed by atoms with Gasteiger partial charge < -0.3 is 5.11 Å². The lowest BCUT2D eigenvalue weighted by Gasteiger charge is -2.29. The Balaban J connectivity index is 2.07. The van der Waals surface area contributed by atoms with Crippen LogP contribution in [0.5, 0.6) is 0 Å². The van der Waals surface area contributed by atoms with Crippen LogP contribution in [0.4, 0.5) is 0 Å². The number of hydrogen-bond donors (Lipinski definition) is 1. The summed E-state index contributed by atoms with van der Waals surface area (Å²) in [5.74, 6) is 0. The second-order valence-electron chi connectivity index (χ2n) is 5.33. The molecule has 3 rings (SSSR count). The molecule has 0 heterocycles. The van der Waals surface area contributed by atoms with Crippen molar-refractivity contribution in [2.45, 2.75) is 26.4 Å².